The van der Waals surface area contributed by atoms with E-state index >= 15 is 0 Å². The van der Waals surface area contributed by atoms with Crippen LogP contribution >= 0.6 is 0 Å². The lowest BCUT2D eigenvalue weighted by atomic mass is 10.0. The van der Waals surface area contributed by atoms with Crippen molar-refractivity contribution in [2.45, 2.75) is 32.8 Å². The van der Waals surface area contributed by atoms with Gasteiger partial charge in [-0.3, -0.25) is 4.98 Å². The number of hydrogen-bond acceptors (Lipinski definition) is 4. The smallest absolute Gasteiger partial charge is 0.410 e. The number of carbonyl (C=O) groups excluding carboxylic acids is 1. The fourth-order valence-electron chi connectivity index (χ4n) is 2.07. The van der Waals surface area contributed by atoms with Crippen molar-refractivity contribution in [2.24, 2.45) is 0 Å². The molecule has 2 rings (SSSR count). The number of aromatic nitrogens is 1. The molecule has 0 aliphatic carbocycles. The minimum absolute atomic E-state index is 0.294. The molecule has 6 heteroatoms. The first-order chi connectivity index (χ1) is 9.76. The normalized spacial score (nSPS) is 15.6. The second-order valence-corrected chi connectivity index (χ2v) is 6.00. The molecule has 114 valence electrons. The van der Waals surface area contributed by atoms with Gasteiger partial charge in [-0.05, 0) is 32.8 Å². The standard InChI is InChI=1S/C15H20FN3O2/c1-15(2,3)21-14(20)19-6-4-10(5-7-19)13-12(16)8-11(17)9-18-13/h4,8-9H,5-7,17H2,1-3H3. The number of anilines is 1. The third-order valence-electron chi connectivity index (χ3n) is 3.03. The Morgan fingerprint density at radius 3 is 2.71 bits per heavy atom. The van der Waals surface area contributed by atoms with Crippen LogP contribution in [0.4, 0.5) is 14.9 Å². The van der Waals surface area contributed by atoms with Crippen molar-refractivity contribution in [2.75, 3.05) is 18.8 Å². The average Bonchev–Trinajstić information content (AvgIpc) is 2.37. The van der Waals surface area contributed by atoms with Crippen LogP contribution in [0.3, 0.4) is 0 Å². The van der Waals surface area contributed by atoms with Crippen LogP contribution in [0.25, 0.3) is 5.57 Å². The van der Waals surface area contributed by atoms with E-state index < -0.39 is 11.4 Å². The predicted molar refractivity (Wildman–Crippen MR) is 79.0 cm³/mol. The maximum atomic E-state index is 13.8. The summed E-state index contributed by atoms with van der Waals surface area (Å²) in [5.74, 6) is -0.438. The molecule has 0 unspecified atom stereocenters. The number of nitrogens with two attached hydrogens (primary N) is 1. The summed E-state index contributed by atoms with van der Waals surface area (Å²) in [7, 11) is 0. The highest BCUT2D eigenvalue weighted by molar-refractivity contribution is 5.72. The molecule has 0 saturated heterocycles. The Hall–Kier alpha value is -2.11. The van der Waals surface area contributed by atoms with E-state index in [4.69, 9.17) is 10.5 Å². The van der Waals surface area contributed by atoms with Crippen LogP contribution in [0.1, 0.15) is 32.9 Å². The highest BCUT2D eigenvalue weighted by Gasteiger charge is 2.24. The molecule has 1 amide bonds. The first kappa shape index (κ1) is 15.3. The van der Waals surface area contributed by atoms with E-state index in [1.807, 2.05) is 20.8 Å². The summed E-state index contributed by atoms with van der Waals surface area (Å²) in [6, 6.07) is 1.25. The first-order valence-corrected chi connectivity index (χ1v) is 6.84. The van der Waals surface area contributed by atoms with E-state index in [2.05, 4.69) is 4.98 Å². The summed E-state index contributed by atoms with van der Waals surface area (Å²) in [5, 5.41) is 0. The summed E-state index contributed by atoms with van der Waals surface area (Å²) < 4.78 is 19.1. The van der Waals surface area contributed by atoms with Crippen LogP contribution in [0, 0.1) is 5.82 Å². The van der Waals surface area contributed by atoms with Crippen LogP contribution in [-0.2, 0) is 4.74 Å². The molecule has 0 aromatic carbocycles. The number of halogens is 1. The van der Waals surface area contributed by atoms with Crippen LogP contribution < -0.4 is 5.73 Å². The zero-order valence-corrected chi connectivity index (χ0v) is 12.5. The molecule has 0 bridgehead atoms. The number of hydrogen-bond donors (Lipinski definition) is 1. The number of rotatable bonds is 1. The summed E-state index contributed by atoms with van der Waals surface area (Å²) >= 11 is 0. The largest absolute Gasteiger partial charge is 0.444 e. The number of amides is 1. The van der Waals surface area contributed by atoms with Gasteiger partial charge in [0.1, 0.15) is 11.3 Å². The highest BCUT2D eigenvalue weighted by atomic mass is 19.1. The summed E-state index contributed by atoms with van der Waals surface area (Å²) in [6.07, 6.45) is 3.41. The zero-order chi connectivity index (χ0) is 15.6. The minimum atomic E-state index is -0.522. The highest BCUT2D eigenvalue weighted by Crippen LogP contribution is 2.24. The Kier molecular flexibility index (Phi) is 4.16. The van der Waals surface area contributed by atoms with E-state index in [9.17, 15) is 9.18 Å². The SMILES string of the molecule is CC(C)(C)OC(=O)N1CC=C(c2ncc(N)cc2F)CC1. The van der Waals surface area contributed by atoms with Crippen molar-refractivity contribution in [3.8, 4) is 0 Å². The van der Waals surface area contributed by atoms with Crippen LogP contribution in [0.5, 0.6) is 0 Å². The molecule has 2 heterocycles. The lowest BCUT2D eigenvalue weighted by Crippen LogP contribution is -2.39. The van der Waals surface area contributed by atoms with Gasteiger partial charge in [0.15, 0.2) is 5.82 Å². The Morgan fingerprint density at radius 2 is 2.19 bits per heavy atom. The number of nitrogen functional groups attached to an aromatic ring is 1. The molecular formula is C15H20FN3O2. The third kappa shape index (κ3) is 3.93. The summed E-state index contributed by atoms with van der Waals surface area (Å²) in [5.41, 5.74) is 6.34. The molecule has 1 aliphatic heterocycles. The van der Waals surface area contributed by atoms with E-state index in [1.54, 1.807) is 11.0 Å². The van der Waals surface area contributed by atoms with Gasteiger partial charge in [0.05, 0.1) is 11.9 Å². The van der Waals surface area contributed by atoms with E-state index in [0.29, 0.717) is 30.9 Å². The molecule has 1 aromatic heterocycles. The molecule has 0 saturated carbocycles. The van der Waals surface area contributed by atoms with Crippen LogP contribution in [0.2, 0.25) is 0 Å². The topological polar surface area (TPSA) is 68.5 Å². The van der Waals surface area contributed by atoms with Crippen LogP contribution in [0.15, 0.2) is 18.3 Å². The van der Waals surface area contributed by atoms with Gasteiger partial charge in [-0.1, -0.05) is 6.08 Å². The molecule has 0 atom stereocenters. The van der Waals surface area contributed by atoms with Crippen molar-refractivity contribution >= 4 is 17.4 Å². The number of ether oxygens (including phenoxy) is 1. The minimum Gasteiger partial charge on any atom is -0.444 e. The second-order valence-electron chi connectivity index (χ2n) is 6.00. The van der Waals surface area contributed by atoms with Gasteiger partial charge in [0.2, 0.25) is 0 Å². The predicted octanol–water partition coefficient (Wildman–Crippen LogP) is 2.83. The molecule has 5 nitrogen and oxygen atoms in total. The summed E-state index contributed by atoms with van der Waals surface area (Å²) in [4.78, 5) is 17.6. The molecule has 21 heavy (non-hydrogen) atoms. The van der Waals surface area contributed by atoms with Crippen molar-refractivity contribution in [3.63, 3.8) is 0 Å². The van der Waals surface area contributed by atoms with Gasteiger partial charge in [-0.25, -0.2) is 9.18 Å². The molecular weight excluding hydrogens is 273 g/mol. The van der Waals surface area contributed by atoms with Crippen molar-refractivity contribution in [1.82, 2.24) is 9.88 Å². The number of pyridine rings is 1. The van der Waals surface area contributed by atoms with Crippen molar-refractivity contribution in [3.05, 3.63) is 29.9 Å². The fraction of sp³-hybridized carbons (Fsp3) is 0.467. The Morgan fingerprint density at radius 1 is 1.48 bits per heavy atom. The third-order valence-corrected chi connectivity index (χ3v) is 3.03. The molecule has 2 N–H and O–H groups in total. The first-order valence-electron chi connectivity index (χ1n) is 6.84. The lowest BCUT2D eigenvalue weighted by Gasteiger charge is -2.29. The Balaban J connectivity index is 2.07. The fourth-order valence-corrected chi connectivity index (χ4v) is 2.07. The Labute approximate surface area is 123 Å². The molecule has 0 spiro atoms. The number of carbonyl (C=O) groups is 1. The Bertz CT molecular complexity index is 579. The van der Waals surface area contributed by atoms with Gasteiger partial charge in [0, 0.05) is 19.2 Å². The molecule has 1 aromatic rings. The maximum absolute atomic E-state index is 13.8. The zero-order valence-electron chi connectivity index (χ0n) is 12.5. The van der Waals surface area contributed by atoms with Crippen molar-refractivity contribution < 1.29 is 13.9 Å². The number of nitrogens with zero attached hydrogens (tertiary/aromatic N) is 2. The average molecular weight is 293 g/mol. The molecule has 0 radical (unpaired) electrons. The van der Waals surface area contributed by atoms with Gasteiger partial charge in [-0.15, -0.1) is 0 Å². The van der Waals surface area contributed by atoms with Gasteiger partial charge in [0.25, 0.3) is 0 Å². The quantitative estimate of drug-likeness (QED) is 0.864. The lowest BCUT2D eigenvalue weighted by molar-refractivity contribution is 0.0270. The second kappa shape index (κ2) is 5.71. The van der Waals surface area contributed by atoms with E-state index in [-0.39, 0.29) is 6.09 Å². The van der Waals surface area contributed by atoms with E-state index in [0.717, 1.165) is 5.57 Å². The van der Waals surface area contributed by atoms with Gasteiger partial charge in [-0.2, -0.15) is 0 Å². The monoisotopic (exact) mass is 293 g/mol. The van der Waals surface area contributed by atoms with Crippen molar-refractivity contribution in [1.29, 1.82) is 0 Å². The van der Waals surface area contributed by atoms with E-state index in [1.165, 1.54) is 12.3 Å². The molecule has 0 fully saturated rings. The summed E-state index contributed by atoms with van der Waals surface area (Å²) in [6.45, 7) is 6.33. The molecule has 1 aliphatic rings. The van der Waals surface area contributed by atoms with Crippen LogP contribution in [-0.4, -0.2) is 34.7 Å². The maximum Gasteiger partial charge on any atom is 0.410 e. The van der Waals surface area contributed by atoms with Gasteiger partial charge < -0.3 is 15.4 Å². The van der Waals surface area contributed by atoms with Gasteiger partial charge >= 0.3 is 6.09 Å².